The summed E-state index contributed by atoms with van der Waals surface area (Å²) in [5.41, 5.74) is 7.15. The van der Waals surface area contributed by atoms with Gasteiger partial charge in [0.15, 0.2) is 0 Å². The third-order valence-corrected chi connectivity index (χ3v) is 10.2. The summed E-state index contributed by atoms with van der Waals surface area (Å²) >= 11 is 0. The van der Waals surface area contributed by atoms with Crippen molar-refractivity contribution in [1.29, 1.82) is 0 Å². The molecular weight excluding hydrogens is 302 g/mol. The van der Waals surface area contributed by atoms with Gasteiger partial charge in [-0.1, -0.05) is 33.6 Å². The fourth-order valence-corrected chi connectivity index (χ4v) is 8.91. The molecule has 0 aromatic heterocycles. The van der Waals surface area contributed by atoms with Crippen LogP contribution in [0.4, 0.5) is 0 Å². The highest BCUT2D eigenvalue weighted by Crippen LogP contribution is 2.68. The van der Waals surface area contributed by atoms with Gasteiger partial charge in [-0.25, -0.2) is 0 Å². The minimum atomic E-state index is 0.646. The molecule has 4 fully saturated rings. The fourth-order valence-electron chi connectivity index (χ4n) is 8.91. The summed E-state index contributed by atoms with van der Waals surface area (Å²) in [6.45, 7) is 8.84. The van der Waals surface area contributed by atoms with Crippen LogP contribution in [0.5, 0.6) is 0 Å². The zero-order valence-corrected chi connectivity index (χ0v) is 17.2. The van der Waals surface area contributed by atoms with Gasteiger partial charge in [-0.05, 0) is 117 Å². The highest BCUT2D eigenvalue weighted by atomic mass is 14.6. The van der Waals surface area contributed by atoms with Gasteiger partial charge >= 0.3 is 0 Å². The highest BCUT2D eigenvalue weighted by Gasteiger charge is 2.59. The molecule has 4 saturated carbocycles. The monoisotopic (exact) mass is 345 g/mol. The Kier molecular flexibility index (Phi) is 5.02. The van der Waals surface area contributed by atoms with Crippen molar-refractivity contribution in [2.75, 3.05) is 6.54 Å². The van der Waals surface area contributed by atoms with Crippen LogP contribution in [0.1, 0.15) is 97.8 Å². The molecule has 0 radical (unpaired) electrons. The lowest BCUT2D eigenvalue weighted by Gasteiger charge is -2.61. The van der Waals surface area contributed by atoms with Crippen molar-refractivity contribution in [3.63, 3.8) is 0 Å². The third-order valence-electron chi connectivity index (χ3n) is 10.2. The molecule has 0 aromatic rings. The second kappa shape index (κ2) is 6.84. The van der Waals surface area contributed by atoms with E-state index in [1.807, 2.05) is 0 Å². The number of fused-ring (bicyclic) bond motifs is 5. The average Bonchev–Trinajstić information content (AvgIpc) is 2.96. The maximum Gasteiger partial charge on any atom is -0.00772 e. The highest BCUT2D eigenvalue weighted by molar-refractivity contribution is 5.09. The Labute approximate surface area is 156 Å². The van der Waals surface area contributed by atoms with E-state index >= 15 is 0 Å². The first-order valence-corrected chi connectivity index (χ1v) is 11.7. The molecule has 2 unspecified atom stereocenters. The van der Waals surface area contributed by atoms with Crippen LogP contribution >= 0.6 is 0 Å². The Morgan fingerprint density at radius 3 is 2.48 bits per heavy atom. The summed E-state index contributed by atoms with van der Waals surface area (Å²) in [6.07, 6.45) is 17.9. The van der Waals surface area contributed by atoms with Gasteiger partial charge in [-0.3, -0.25) is 0 Å². The van der Waals surface area contributed by atoms with Crippen molar-refractivity contribution in [2.45, 2.75) is 97.8 Å². The van der Waals surface area contributed by atoms with Crippen LogP contribution in [0.3, 0.4) is 0 Å². The molecule has 0 aromatic carbocycles. The molecule has 0 amide bonds. The Morgan fingerprint density at radius 2 is 1.68 bits per heavy atom. The van der Waals surface area contributed by atoms with Crippen LogP contribution in [0, 0.1) is 46.3 Å². The number of hydrogen-bond acceptors (Lipinski definition) is 1. The molecule has 4 aliphatic carbocycles. The zero-order chi connectivity index (χ0) is 17.7. The third kappa shape index (κ3) is 2.82. The lowest BCUT2D eigenvalue weighted by atomic mass is 9.44. The van der Waals surface area contributed by atoms with Gasteiger partial charge in [-0.15, -0.1) is 0 Å². The molecule has 1 nitrogen and oxygen atoms in total. The summed E-state index contributed by atoms with van der Waals surface area (Å²) in [5.74, 6) is 6.08. The van der Waals surface area contributed by atoms with Gasteiger partial charge in [0, 0.05) is 0 Å². The van der Waals surface area contributed by atoms with Crippen LogP contribution in [0.2, 0.25) is 0 Å². The second-order valence-electron chi connectivity index (χ2n) is 11.0. The Bertz CT molecular complexity index is 473. The first-order chi connectivity index (χ1) is 12.0. The van der Waals surface area contributed by atoms with Crippen molar-refractivity contribution >= 4 is 0 Å². The molecule has 4 rings (SSSR count). The molecule has 8 atom stereocenters. The van der Waals surface area contributed by atoms with Crippen molar-refractivity contribution in [3.8, 4) is 0 Å². The van der Waals surface area contributed by atoms with E-state index in [1.165, 1.54) is 44.9 Å². The minimum absolute atomic E-state index is 0.646. The van der Waals surface area contributed by atoms with Gasteiger partial charge in [0.2, 0.25) is 0 Å². The standard InChI is InChI=1S/C24H43N/c1-17(7-6-16-25)20-11-12-21-19-10-9-18-8-4-5-14-23(18,2)22(19)13-15-24(20,21)3/h17-22H,4-16,25H2,1-3H3/t17?,18?,19-,20+,21-,22-,23-,24+/m0/s1. The maximum absolute atomic E-state index is 5.80. The van der Waals surface area contributed by atoms with Gasteiger partial charge in [-0.2, -0.15) is 0 Å². The Hall–Kier alpha value is -0.0400. The van der Waals surface area contributed by atoms with Crippen molar-refractivity contribution in [3.05, 3.63) is 0 Å². The topological polar surface area (TPSA) is 26.0 Å². The summed E-state index contributed by atoms with van der Waals surface area (Å²) in [7, 11) is 0. The first kappa shape index (κ1) is 18.3. The molecule has 25 heavy (non-hydrogen) atoms. The van der Waals surface area contributed by atoms with Crippen molar-refractivity contribution in [1.82, 2.24) is 0 Å². The number of rotatable bonds is 4. The van der Waals surface area contributed by atoms with Gasteiger partial charge in [0.25, 0.3) is 0 Å². The van der Waals surface area contributed by atoms with E-state index in [1.54, 1.807) is 32.1 Å². The van der Waals surface area contributed by atoms with E-state index in [0.29, 0.717) is 10.8 Å². The molecule has 2 N–H and O–H groups in total. The van der Waals surface area contributed by atoms with E-state index in [0.717, 1.165) is 42.1 Å². The summed E-state index contributed by atoms with van der Waals surface area (Å²) in [4.78, 5) is 0. The quantitative estimate of drug-likeness (QED) is 0.626. The largest absolute Gasteiger partial charge is 0.330 e. The van der Waals surface area contributed by atoms with E-state index in [9.17, 15) is 0 Å². The molecule has 4 aliphatic rings. The summed E-state index contributed by atoms with van der Waals surface area (Å²) < 4.78 is 0. The van der Waals surface area contributed by atoms with Crippen LogP contribution in [-0.4, -0.2) is 6.54 Å². The van der Waals surface area contributed by atoms with E-state index in [4.69, 9.17) is 5.73 Å². The molecule has 0 aliphatic heterocycles. The predicted octanol–water partition coefficient (Wildman–Crippen LogP) is 6.41. The van der Waals surface area contributed by atoms with E-state index in [2.05, 4.69) is 20.8 Å². The lowest BCUT2D eigenvalue weighted by molar-refractivity contribution is -0.114. The maximum atomic E-state index is 5.80. The Balaban J connectivity index is 1.53. The normalized spacial score (nSPS) is 50.6. The first-order valence-electron chi connectivity index (χ1n) is 11.7. The number of hydrogen-bond donors (Lipinski definition) is 1. The van der Waals surface area contributed by atoms with Gasteiger partial charge in [0.05, 0.1) is 0 Å². The molecule has 0 spiro atoms. The molecule has 1 heteroatoms. The molecular formula is C24H43N. The van der Waals surface area contributed by atoms with Crippen LogP contribution in [0.15, 0.2) is 0 Å². The smallest absolute Gasteiger partial charge is 0.00772 e. The Morgan fingerprint density at radius 1 is 0.880 bits per heavy atom. The van der Waals surface area contributed by atoms with Crippen LogP contribution in [0.25, 0.3) is 0 Å². The molecule has 0 heterocycles. The second-order valence-corrected chi connectivity index (χ2v) is 11.0. The molecule has 0 bridgehead atoms. The van der Waals surface area contributed by atoms with E-state index < -0.39 is 0 Å². The van der Waals surface area contributed by atoms with Crippen molar-refractivity contribution in [2.24, 2.45) is 52.1 Å². The van der Waals surface area contributed by atoms with Crippen molar-refractivity contribution < 1.29 is 0 Å². The van der Waals surface area contributed by atoms with Crippen LogP contribution in [-0.2, 0) is 0 Å². The van der Waals surface area contributed by atoms with E-state index in [-0.39, 0.29) is 0 Å². The number of nitrogens with two attached hydrogens (primary N) is 1. The molecule has 0 saturated heterocycles. The zero-order valence-electron chi connectivity index (χ0n) is 17.2. The van der Waals surface area contributed by atoms with Crippen LogP contribution < -0.4 is 5.73 Å². The molecule has 144 valence electrons. The average molecular weight is 346 g/mol. The summed E-state index contributed by atoms with van der Waals surface area (Å²) in [5, 5.41) is 0. The lowest BCUT2D eigenvalue weighted by Crippen LogP contribution is -2.53. The predicted molar refractivity (Wildman–Crippen MR) is 107 cm³/mol. The summed E-state index contributed by atoms with van der Waals surface area (Å²) in [6, 6.07) is 0. The SMILES string of the molecule is CC(CCCN)[C@H]1CC[C@H]2[C@@H]3CCC4CCCC[C@]4(C)[C@H]3CC[C@]12C. The fraction of sp³-hybridized carbons (Fsp3) is 1.00. The minimum Gasteiger partial charge on any atom is -0.330 e. The van der Waals surface area contributed by atoms with Gasteiger partial charge < -0.3 is 5.73 Å². The van der Waals surface area contributed by atoms with Gasteiger partial charge in [0.1, 0.15) is 0 Å².